The molecule has 16 heavy (non-hydrogen) atoms. The first-order chi connectivity index (χ1) is 7.20. The predicted molar refractivity (Wildman–Crippen MR) is 72.5 cm³/mol. The highest BCUT2D eigenvalue weighted by atomic mass is 28.3. The van der Waals surface area contributed by atoms with Crippen molar-refractivity contribution in [2.75, 3.05) is 0 Å². The number of rotatable bonds is 7. The fraction of sp³-hybridized carbons (Fsp3) is 0.615. The molecular weight excluding hydrogens is 216 g/mol. The highest BCUT2D eigenvalue weighted by Crippen LogP contribution is 2.34. The topological polar surface area (TPSA) is 37.3 Å². The first-order valence-electron chi connectivity index (χ1n) is 5.70. The van der Waals surface area contributed by atoms with Crippen LogP contribution in [0.5, 0.6) is 0 Å². The Morgan fingerprint density at radius 3 is 2.19 bits per heavy atom. The zero-order valence-electron chi connectivity index (χ0n) is 10.9. The molecule has 0 aromatic rings. The number of hydrogen-bond acceptors (Lipinski definition) is 1. The minimum atomic E-state index is -1.71. The highest BCUT2D eigenvalue weighted by Gasteiger charge is 2.37. The molecule has 0 aromatic carbocycles. The minimum absolute atomic E-state index is 0.0702. The van der Waals surface area contributed by atoms with Gasteiger partial charge in [-0.15, -0.1) is 13.2 Å². The fourth-order valence-corrected chi connectivity index (χ4v) is 4.36. The number of carboxylic acids is 1. The molecule has 0 saturated carbocycles. The summed E-state index contributed by atoms with van der Waals surface area (Å²) in [6, 6.07) is 0. The summed E-state index contributed by atoms with van der Waals surface area (Å²) in [7, 11) is -1.71. The van der Waals surface area contributed by atoms with E-state index in [0.717, 1.165) is 18.4 Å². The van der Waals surface area contributed by atoms with Crippen LogP contribution in [-0.2, 0) is 4.79 Å². The first-order valence-corrected chi connectivity index (χ1v) is 9.27. The van der Waals surface area contributed by atoms with Gasteiger partial charge in [0.05, 0.1) is 13.6 Å². The van der Waals surface area contributed by atoms with Gasteiger partial charge in [-0.2, -0.15) is 0 Å². The van der Waals surface area contributed by atoms with Crippen LogP contribution in [0, 0.1) is 5.92 Å². The zero-order chi connectivity index (χ0) is 12.9. The first kappa shape index (κ1) is 15.2. The SMILES string of the molecule is C=C[C@@H](CCC(=C)C)[C@H](C(=O)O)[Si](C)(C)C. The van der Waals surface area contributed by atoms with Gasteiger partial charge in [0, 0.05) is 0 Å². The number of aliphatic carboxylic acids is 1. The van der Waals surface area contributed by atoms with Gasteiger partial charge in [-0.05, 0) is 25.7 Å². The van der Waals surface area contributed by atoms with Gasteiger partial charge in [0.25, 0.3) is 0 Å². The van der Waals surface area contributed by atoms with Gasteiger partial charge in [-0.25, -0.2) is 0 Å². The van der Waals surface area contributed by atoms with E-state index < -0.39 is 14.0 Å². The smallest absolute Gasteiger partial charge is 0.304 e. The molecule has 3 heteroatoms. The second-order valence-corrected chi connectivity index (χ2v) is 10.9. The summed E-state index contributed by atoms with van der Waals surface area (Å²) in [5.74, 6) is -0.605. The van der Waals surface area contributed by atoms with Crippen molar-refractivity contribution in [3.8, 4) is 0 Å². The molecule has 1 N–H and O–H groups in total. The summed E-state index contributed by atoms with van der Waals surface area (Å²) >= 11 is 0. The summed E-state index contributed by atoms with van der Waals surface area (Å²) in [5.41, 5.74) is 0.857. The van der Waals surface area contributed by atoms with Crippen molar-refractivity contribution < 1.29 is 9.90 Å². The molecule has 0 aliphatic rings. The number of carbonyl (C=O) groups is 1. The lowest BCUT2D eigenvalue weighted by atomic mass is 9.97. The van der Waals surface area contributed by atoms with Crippen LogP contribution in [0.15, 0.2) is 24.8 Å². The highest BCUT2D eigenvalue weighted by molar-refractivity contribution is 6.80. The van der Waals surface area contributed by atoms with Crippen LogP contribution < -0.4 is 0 Å². The molecule has 0 aliphatic carbocycles. The Morgan fingerprint density at radius 2 is 1.94 bits per heavy atom. The van der Waals surface area contributed by atoms with E-state index in [-0.39, 0.29) is 11.5 Å². The van der Waals surface area contributed by atoms with Crippen molar-refractivity contribution in [1.29, 1.82) is 0 Å². The summed E-state index contributed by atoms with van der Waals surface area (Å²) in [5, 5.41) is 9.34. The van der Waals surface area contributed by atoms with Crippen molar-refractivity contribution in [1.82, 2.24) is 0 Å². The van der Waals surface area contributed by atoms with Crippen molar-refractivity contribution in [3.63, 3.8) is 0 Å². The van der Waals surface area contributed by atoms with E-state index in [9.17, 15) is 9.90 Å². The molecule has 0 rings (SSSR count). The maximum absolute atomic E-state index is 11.4. The van der Waals surface area contributed by atoms with E-state index >= 15 is 0 Å². The molecule has 0 fully saturated rings. The normalized spacial score (nSPS) is 15.2. The van der Waals surface area contributed by atoms with Crippen LogP contribution in [-0.4, -0.2) is 19.1 Å². The number of hydrogen-bond donors (Lipinski definition) is 1. The third-order valence-corrected chi connectivity index (χ3v) is 5.38. The van der Waals surface area contributed by atoms with Crippen molar-refractivity contribution in [3.05, 3.63) is 24.8 Å². The van der Waals surface area contributed by atoms with Gasteiger partial charge in [0.15, 0.2) is 0 Å². The van der Waals surface area contributed by atoms with Gasteiger partial charge in [-0.3, -0.25) is 4.79 Å². The molecule has 0 amide bonds. The minimum Gasteiger partial charge on any atom is -0.481 e. The molecule has 0 saturated heterocycles. The summed E-state index contributed by atoms with van der Waals surface area (Å²) < 4.78 is 0. The van der Waals surface area contributed by atoms with Crippen LogP contribution in [0.25, 0.3) is 0 Å². The predicted octanol–water partition coefficient (Wildman–Crippen LogP) is 3.94. The van der Waals surface area contributed by atoms with Crippen LogP contribution in [0.2, 0.25) is 25.2 Å². The molecule has 0 aromatic heterocycles. The van der Waals surface area contributed by atoms with Crippen LogP contribution in [0.3, 0.4) is 0 Å². The van der Waals surface area contributed by atoms with E-state index in [4.69, 9.17) is 0 Å². The lowest BCUT2D eigenvalue weighted by Gasteiger charge is -2.31. The molecule has 2 atom stereocenters. The van der Waals surface area contributed by atoms with Crippen LogP contribution in [0.1, 0.15) is 19.8 Å². The Morgan fingerprint density at radius 1 is 1.44 bits per heavy atom. The maximum atomic E-state index is 11.4. The Labute approximate surface area is 100 Å². The van der Waals surface area contributed by atoms with Crippen molar-refractivity contribution in [2.24, 2.45) is 5.92 Å². The zero-order valence-corrected chi connectivity index (χ0v) is 11.9. The second kappa shape index (κ2) is 6.04. The average molecular weight is 240 g/mol. The third kappa shape index (κ3) is 4.79. The standard InChI is InChI=1S/C13H24O2Si/c1-7-11(9-8-10(2)3)12(13(14)15)16(4,5)6/h7,11-12H,1-2,8-9H2,3-6H3,(H,14,15)/t11-,12+/m0/s1. The summed E-state index contributed by atoms with van der Waals surface area (Å²) in [6.07, 6.45) is 3.53. The quantitative estimate of drug-likeness (QED) is 0.540. The van der Waals surface area contributed by atoms with Crippen LogP contribution >= 0.6 is 0 Å². The molecule has 2 nitrogen and oxygen atoms in total. The molecule has 0 radical (unpaired) electrons. The molecule has 0 unspecified atom stereocenters. The third-order valence-electron chi connectivity index (χ3n) is 2.83. The van der Waals surface area contributed by atoms with Gasteiger partial charge in [0.1, 0.15) is 0 Å². The lowest BCUT2D eigenvalue weighted by molar-refractivity contribution is -0.137. The van der Waals surface area contributed by atoms with E-state index in [1.165, 1.54) is 0 Å². The molecule has 0 aliphatic heterocycles. The fourth-order valence-electron chi connectivity index (χ4n) is 2.03. The van der Waals surface area contributed by atoms with E-state index in [2.05, 4.69) is 32.8 Å². The molecule has 92 valence electrons. The van der Waals surface area contributed by atoms with Gasteiger partial charge in [-0.1, -0.05) is 31.3 Å². The van der Waals surface area contributed by atoms with E-state index in [1.807, 2.05) is 6.92 Å². The van der Waals surface area contributed by atoms with Crippen LogP contribution in [0.4, 0.5) is 0 Å². The van der Waals surface area contributed by atoms with Gasteiger partial charge >= 0.3 is 5.97 Å². The molecule has 0 heterocycles. The summed E-state index contributed by atoms with van der Waals surface area (Å²) in [6.45, 7) is 15.9. The number of allylic oxidation sites excluding steroid dienone is 2. The number of carboxylic acid groups (broad SMARTS) is 1. The largest absolute Gasteiger partial charge is 0.481 e. The van der Waals surface area contributed by atoms with Crippen molar-refractivity contribution in [2.45, 2.75) is 44.9 Å². The Balaban J connectivity index is 4.80. The van der Waals surface area contributed by atoms with Gasteiger partial charge in [0.2, 0.25) is 0 Å². The maximum Gasteiger partial charge on any atom is 0.304 e. The monoisotopic (exact) mass is 240 g/mol. The average Bonchev–Trinajstić information content (AvgIpc) is 2.08. The second-order valence-electron chi connectivity index (χ2n) is 5.58. The van der Waals surface area contributed by atoms with Gasteiger partial charge < -0.3 is 5.11 Å². The van der Waals surface area contributed by atoms with E-state index in [1.54, 1.807) is 6.08 Å². The molecule has 0 bridgehead atoms. The van der Waals surface area contributed by atoms with Crippen molar-refractivity contribution >= 4 is 14.0 Å². The Kier molecular flexibility index (Phi) is 5.72. The Hall–Kier alpha value is -0.833. The van der Waals surface area contributed by atoms with E-state index in [0.29, 0.717) is 0 Å². The lowest BCUT2D eigenvalue weighted by Crippen LogP contribution is -2.38. The molecule has 0 spiro atoms. The molecular formula is C13H24O2Si. The summed E-state index contributed by atoms with van der Waals surface area (Å²) in [4.78, 5) is 11.4. The Bertz CT molecular complexity index is 276.